The zero-order valence-corrected chi connectivity index (χ0v) is 22.7. The van der Waals surface area contributed by atoms with Gasteiger partial charge < -0.3 is 10.2 Å². The van der Waals surface area contributed by atoms with Crippen LogP contribution in [0, 0.1) is 10.8 Å². The van der Waals surface area contributed by atoms with Crippen molar-refractivity contribution in [2.45, 2.75) is 126 Å². The summed E-state index contributed by atoms with van der Waals surface area (Å²) in [6.07, 6.45) is 15.5. The van der Waals surface area contributed by atoms with Crippen molar-refractivity contribution in [1.82, 2.24) is 0 Å². The normalized spacial score (nSPS) is 30.9. The second-order valence-electron chi connectivity index (χ2n) is 11.5. The molecule has 0 aromatic rings. The molecule has 2 fully saturated rings. The molecule has 2 N–H and O–H groups in total. The minimum absolute atomic E-state index is 0.0239. The highest BCUT2D eigenvalue weighted by molar-refractivity contribution is 7.87. The van der Waals surface area contributed by atoms with E-state index in [1.165, 1.54) is 0 Å². The lowest BCUT2D eigenvalue weighted by Gasteiger charge is -2.21. The van der Waals surface area contributed by atoms with Crippen LogP contribution in [0.1, 0.15) is 105 Å². The van der Waals surface area contributed by atoms with Gasteiger partial charge in [-0.25, -0.2) is 0 Å². The van der Waals surface area contributed by atoms with E-state index < -0.39 is 33.0 Å². The quantitative estimate of drug-likeness (QED) is 0.247. The van der Waals surface area contributed by atoms with Crippen LogP contribution in [0.25, 0.3) is 0 Å². The standard InChI is InChI=1S/C26H46O5S2/c1-25(2,19-27)17-7-5-9-20-11-13-22(32(20)30)15-16-23-14-12-21(33(23)31)10-6-8-18-26(3,4)24(28)29/h15-16,20-23,27H,5-14,17-19H2,1-4H3,(H,28,29)/b16-15-. The van der Waals surface area contributed by atoms with Gasteiger partial charge in [-0.05, 0) is 70.6 Å². The van der Waals surface area contributed by atoms with Crippen molar-refractivity contribution >= 4 is 27.6 Å². The summed E-state index contributed by atoms with van der Waals surface area (Å²) in [5, 5.41) is 19.2. The molecule has 6 atom stereocenters. The molecule has 2 rings (SSSR count). The number of carboxylic acids is 1. The van der Waals surface area contributed by atoms with Gasteiger partial charge in [0, 0.05) is 38.7 Å². The Hall–Kier alpha value is -0.530. The molecule has 0 amide bonds. The second kappa shape index (κ2) is 13.0. The van der Waals surface area contributed by atoms with Crippen LogP contribution in [0.15, 0.2) is 12.2 Å². The molecule has 2 heterocycles. The molecule has 33 heavy (non-hydrogen) atoms. The molecule has 0 saturated carbocycles. The van der Waals surface area contributed by atoms with E-state index in [1.54, 1.807) is 13.8 Å². The first-order valence-corrected chi connectivity index (χ1v) is 15.3. The number of aliphatic carboxylic acids is 1. The Bertz CT molecular complexity index is 715. The number of hydrogen-bond acceptors (Lipinski definition) is 4. The highest BCUT2D eigenvalue weighted by atomic mass is 32.2. The van der Waals surface area contributed by atoms with Gasteiger partial charge in [-0.2, -0.15) is 0 Å². The van der Waals surface area contributed by atoms with Crippen LogP contribution in [0.2, 0.25) is 0 Å². The molecule has 6 unspecified atom stereocenters. The van der Waals surface area contributed by atoms with Crippen molar-refractivity contribution in [3.8, 4) is 0 Å². The molecule has 0 aromatic heterocycles. The third kappa shape index (κ3) is 8.88. The van der Waals surface area contributed by atoms with Crippen LogP contribution in [-0.4, -0.2) is 52.2 Å². The zero-order valence-electron chi connectivity index (χ0n) is 21.1. The molecule has 0 radical (unpaired) electrons. The van der Waals surface area contributed by atoms with Crippen molar-refractivity contribution < 1.29 is 23.4 Å². The summed E-state index contributed by atoms with van der Waals surface area (Å²) in [7, 11) is -1.74. The van der Waals surface area contributed by atoms with Gasteiger partial charge in [0.1, 0.15) is 0 Å². The first-order valence-electron chi connectivity index (χ1n) is 12.8. The average Bonchev–Trinajstić information content (AvgIpc) is 3.29. The number of carboxylic acid groups (broad SMARTS) is 1. The fourth-order valence-corrected chi connectivity index (χ4v) is 8.63. The van der Waals surface area contributed by atoms with Crippen LogP contribution < -0.4 is 0 Å². The molecule has 0 bridgehead atoms. The average molecular weight is 503 g/mol. The molecule has 2 aliphatic heterocycles. The molecular weight excluding hydrogens is 456 g/mol. The Morgan fingerprint density at radius 2 is 1.27 bits per heavy atom. The largest absolute Gasteiger partial charge is 0.481 e. The van der Waals surface area contributed by atoms with Crippen LogP contribution in [0.4, 0.5) is 0 Å². The Morgan fingerprint density at radius 3 is 1.70 bits per heavy atom. The molecule has 2 aliphatic rings. The molecule has 7 heteroatoms. The number of hydrogen-bond donors (Lipinski definition) is 2. The number of aliphatic hydroxyl groups is 1. The maximum atomic E-state index is 12.9. The highest BCUT2D eigenvalue weighted by Gasteiger charge is 2.34. The second-order valence-corrected chi connectivity index (χ2v) is 15.4. The van der Waals surface area contributed by atoms with Crippen LogP contribution in [-0.2, 0) is 26.4 Å². The van der Waals surface area contributed by atoms with Crippen LogP contribution >= 0.6 is 0 Å². The first kappa shape index (κ1) is 28.7. The lowest BCUT2D eigenvalue weighted by molar-refractivity contribution is -0.147. The van der Waals surface area contributed by atoms with Gasteiger partial charge in [-0.3, -0.25) is 13.2 Å². The molecule has 0 spiro atoms. The van der Waals surface area contributed by atoms with Gasteiger partial charge in [0.05, 0.1) is 15.9 Å². The topological polar surface area (TPSA) is 91.7 Å². The minimum atomic E-state index is -0.890. The van der Waals surface area contributed by atoms with E-state index in [4.69, 9.17) is 0 Å². The number of unbranched alkanes of at least 4 members (excludes halogenated alkanes) is 2. The number of carbonyl (C=O) groups is 1. The minimum Gasteiger partial charge on any atom is -0.481 e. The van der Waals surface area contributed by atoms with Gasteiger partial charge in [0.25, 0.3) is 0 Å². The van der Waals surface area contributed by atoms with Gasteiger partial charge in [0.15, 0.2) is 0 Å². The Morgan fingerprint density at radius 1 is 0.818 bits per heavy atom. The van der Waals surface area contributed by atoms with Crippen molar-refractivity contribution in [3.05, 3.63) is 12.2 Å². The number of rotatable bonds is 14. The molecule has 5 nitrogen and oxygen atoms in total. The highest BCUT2D eigenvalue weighted by Crippen LogP contribution is 2.33. The fourth-order valence-electron chi connectivity index (χ4n) is 4.88. The predicted molar refractivity (Wildman–Crippen MR) is 138 cm³/mol. The monoisotopic (exact) mass is 502 g/mol. The fraction of sp³-hybridized carbons (Fsp3) is 0.885. The first-order chi connectivity index (χ1) is 15.5. The van der Waals surface area contributed by atoms with Gasteiger partial charge in [-0.15, -0.1) is 0 Å². The maximum Gasteiger partial charge on any atom is 0.309 e. The summed E-state index contributed by atoms with van der Waals surface area (Å²) in [6.45, 7) is 7.90. The van der Waals surface area contributed by atoms with E-state index >= 15 is 0 Å². The van der Waals surface area contributed by atoms with E-state index in [1.807, 2.05) is 0 Å². The molecule has 0 aliphatic carbocycles. The lowest BCUT2D eigenvalue weighted by atomic mass is 9.87. The van der Waals surface area contributed by atoms with Gasteiger partial charge in [0.2, 0.25) is 0 Å². The summed E-state index contributed by atoms with van der Waals surface area (Å²) in [4.78, 5) is 11.2. The summed E-state index contributed by atoms with van der Waals surface area (Å²) in [6, 6.07) is 0. The third-order valence-corrected chi connectivity index (χ3v) is 11.8. The maximum absolute atomic E-state index is 12.9. The van der Waals surface area contributed by atoms with Crippen molar-refractivity contribution in [2.75, 3.05) is 6.61 Å². The van der Waals surface area contributed by atoms with E-state index in [2.05, 4.69) is 26.0 Å². The van der Waals surface area contributed by atoms with Gasteiger partial charge in [-0.1, -0.05) is 51.7 Å². The summed E-state index contributed by atoms with van der Waals surface area (Å²) in [5.74, 6) is -0.755. The summed E-state index contributed by atoms with van der Waals surface area (Å²) in [5.41, 5.74) is -0.713. The summed E-state index contributed by atoms with van der Waals surface area (Å²) < 4.78 is 25.8. The predicted octanol–water partition coefficient (Wildman–Crippen LogP) is 5.35. The molecule has 192 valence electrons. The van der Waals surface area contributed by atoms with Crippen molar-refractivity contribution in [1.29, 1.82) is 0 Å². The SMILES string of the molecule is CC(C)(CO)CCCCC1CCC(/C=C\C2CCC(CCCCC(C)(C)C(=O)O)S2=O)S1=O. The Labute approximate surface area is 206 Å². The lowest BCUT2D eigenvalue weighted by Crippen LogP contribution is -2.23. The van der Waals surface area contributed by atoms with Gasteiger partial charge >= 0.3 is 5.97 Å². The van der Waals surface area contributed by atoms with Crippen molar-refractivity contribution in [2.24, 2.45) is 10.8 Å². The Kier molecular flexibility index (Phi) is 11.3. The van der Waals surface area contributed by atoms with E-state index in [0.29, 0.717) is 6.42 Å². The van der Waals surface area contributed by atoms with Crippen LogP contribution in [0.5, 0.6) is 0 Å². The molecular formula is C26H46O5S2. The third-order valence-electron chi connectivity index (χ3n) is 7.56. The summed E-state index contributed by atoms with van der Waals surface area (Å²) >= 11 is 0. The number of aliphatic hydroxyl groups excluding tert-OH is 1. The van der Waals surface area contributed by atoms with E-state index in [9.17, 15) is 23.4 Å². The van der Waals surface area contributed by atoms with Crippen molar-refractivity contribution in [3.63, 3.8) is 0 Å². The zero-order chi connectivity index (χ0) is 24.6. The molecule has 2 saturated heterocycles. The smallest absolute Gasteiger partial charge is 0.309 e. The van der Waals surface area contributed by atoms with Crippen LogP contribution in [0.3, 0.4) is 0 Å². The molecule has 0 aromatic carbocycles. The van der Waals surface area contributed by atoms with E-state index in [0.717, 1.165) is 70.6 Å². The van der Waals surface area contributed by atoms with E-state index in [-0.39, 0.29) is 33.0 Å². The Balaban J connectivity index is 1.70.